The van der Waals surface area contributed by atoms with Gasteiger partial charge >= 0.3 is 12.0 Å². The maximum absolute atomic E-state index is 14.5. The summed E-state index contributed by atoms with van der Waals surface area (Å²) in [6.07, 6.45) is 9.80. The summed E-state index contributed by atoms with van der Waals surface area (Å²) >= 11 is 0. The molecule has 0 spiro atoms. The lowest BCUT2D eigenvalue weighted by atomic mass is 9.94. The summed E-state index contributed by atoms with van der Waals surface area (Å²) in [4.78, 5) is 61.1. The van der Waals surface area contributed by atoms with Crippen molar-refractivity contribution in [3.8, 4) is 5.75 Å². The summed E-state index contributed by atoms with van der Waals surface area (Å²) in [5, 5.41) is 15.1. The molecule has 0 aromatic heterocycles. The molecule has 2 saturated heterocycles. The fourth-order valence-corrected chi connectivity index (χ4v) is 8.09. The van der Waals surface area contributed by atoms with Crippen LogP contribution in [-0.2, 0) is 38.6 Å². The predicted molar refractivity (Wildman–Crippen MR) is 217 cm³/mol. The quantitative estimate of drug-likeness (QED) is 0.0782. The molecular weight excluding hydrogens is 705 g/mol. The Labute approximate surface area is 330 Å². The highest BCUT2D eigenvalue weighted by Gasteiger charge is 2.52. The van der Waals surface area contributed by atoms with Gasteiger partial charge in [0.1, 0.15) is 24.6 Å². The molecule has 3 atom stereocenters. The first-order valence-electron chi connectivity index (χ1n) is 20.4. The molecule has 6 rings (SSSR count). The fraction of sp³-hybridized carbons (Fsp3) is 0.435. The number of hydrogen-bond donors (Lipinski definition) is 2. The van der Waals surface area contributed by atoms with Crippen LogP contribution in [0.1, 0.15) is 94.2 Å². The van der Waals surface area contributed by atoms with E-state index >= 15 is 0 Å². The second-order valence-corrected chi connectivity index (χ2v) is 15.2. The van der Waals surface area contributed by atoms with Gasteiger partial charge in [0.05, 0.1) is 19.0 Å². The van der Waals surface area contributed by atoms with Crippen molar-refractivity contribution in [2.45, 2.75) is 115 Å². The molecule has 2 fully saturated rings. The largest absolute Gasteiger partial charge is 0.508 e. The SMILES string of the molecule is CCCCCCCCCCCC(=O)OC[C@@H]1CC(=O)N2[C@H](CN(Cc3cccc4ccccc34)C(=O)[C@@H]2Cc2ccc(O)cc2)N1C(=O)NCc1ccccc1. The van der Waals surface area contributed by atoms with Gasteiger partial charge in [-0.1, -0.05) is 143 Å². The highest BCUT2D eigenvalue weighted by atomic mass is 16.5. The summed E-state index contributed by atoms with van der Waals surface area (Å²) in [6.45, 7) is 2.72. The number of phenolic OH excluding ortho intramolecular Hbond substituents is 1. The number of rotatable bonds is 18. The molecule has 10 heteroatoms. The number of nitrogens with one attached hydrogen (secondary N) is 1. The van der Waals surface area contributed by atoms with Crippen molar-refractivity contribution in [1.82, 2.24) is 20.0 Å². The van der Waals surface area contributed by atoms with Gasteiger partial charge in [0.15, 0.2) is 0 Å². The number of esters is 1. The molecule has 0 aliphatic carbocycles. The summed E-state index contributed by atoms with van der Waals surface area (Å²) in [5.41, 5.74) is 2.64. The van der Waals surface area contributed by atoms with Gasteiger partial charge in [-0.3, -0.25) is 19.3 Å². The number of urea groups is 1. The number of piperazine rings is 1. The molecule has 4 aromatic rings. The third-order valence-corrected chi connectivity index (χ3v) is 11.1. The van der Waals surface area contributed by atoms with Crippen LogP contribution in [0, 0.1) is 0 Å². The molecule has 4 aromatic carbocycles. The number of hydrogen-bond acceptors (Lipinski definition) is 6. The molecule has 56 heavy (non-hydrogen) atoms. The third-order valence-electron chi connectivity index (χ3n) is 11.1. The monoisotopic (exact) mass is 760 g/mol. The summed E-state index contributed by atoms with van der Waals surface area (Å²) < 4.78 is 5.81. The minimum Gasteiger partial charge on any atom is -0.508 e. The standard InChI is InChI=1S/C46H56N4O6/c1-2-3-4-5-6-7-8-9-13-23-44(53)56-33-38-29-43(52)50-41(28-34-24-26-39(51)27-25-34)45(54)48(31-37-21-16-20-36-19-14-15-22-40(36)37)32-42(50)49(38)46(55)47-30-35-17-11-10-12-18-35/h10-12,14-22,24-27,38,41-42,51H,2-9,13,23,28-33H2,1H3,(H,47,55)/t38-,41-,42+/m0/s1. The highest BCUT2D eigenvalue weighted by molar-refractivity contribution is 5.92. The van der Waals surface area contributed by atoms with Gasteiger partial charge < -0.3 is 25.0 Å². The first kappa shape index (κ1) is 40.3. The van der Waals surface area contributed by atoms with Gasteiger partial charge in [-0.2, -0.15) is 0 Å². The van der Waals surface area contributed by atoms with Gasteiger partial charge in [0.25, 0.3) is 0 Å². The van der Waals surface area contributed by atoms with E-state index in [0.717, 1.165) is 46.7 Å². The maximum atomic E-state index is 14.5. The van der Waals surface area contributed by atoms with Crippen LogP contribution in [0.4, 0.5) is 4.79 Å². The summed E-state index contributed by atoms with van der Waals surface area (Å²) in [5.74, 6) is -0.728. The van der Waals surface area contributed by atoms with Crippen molar-refractivity contribution >= 4 is 34.6 Å². The minimum atomic E-state index is -0.902. The first-order chi connectivity index (χ1) is 27.3. The molecule has 0 radical (unpaired) electrons. The molecule has 2 heterocycles. The Balaban J connectivity index is 1.23. The molecule has 10 nitrogen and oxygen atoms in total. The van der Waals surface area contributed by atoms with Gasteiger partial charge in [0, 0.05) is 25.9 Å². The molecule has 4 amide bonds. The van der Waals surface area contributed by atoms with E-state index in [1.54, 1.807) is 39.0 Å². The number of carbonyl (C=O) groups excluding carboxylic acids is 4. The van der Waals surface area contributed by atoms with Crippen LogP contribution in [0.3, 0.4) is 0 Å². The molecule has 296 valence electrons. The lowest BCUT2D eigenvalue weighted by Crippen LogP contribution is -2.74. The lowest BCUT2D eigenvalue weighted by molar-refractivity contribution is -0.173. The zero-order chi connectivity index (χ0) is 39.3. The lowest BCUT2D eigenvalue weighted by Gasteiger charge is -2.54. The number of nitrogens with zero attached hydrogens (tertiary/aromatic N) is 3. The number of fused-ring (bicyclic) bond motifs is 2. The Hall–Kier alpha value is -5.38. The fourth-order valence-electron chi connectivity index (χ4n) is 8.09. The first-order valence-corrected chi connectivity index (χ1v) is 20.4. The van der Waals surface area contributed by atoms with Crippen molar-refractivity contribution in [2.24, 2.45) is 0 Å². The Bertz CT molecular complexity index is 1910. The average molecular weight is 761 g/mol. The topological polar surface area (TPSA) is 119 Å². The Morgan fingerprint density at radius 1 is 0.786 bits per heavy atom. The maximum Gasteiger partial charge on any atom is 0.319 e. The molecule has 0 unspecified atom stereocenters. The number of carbonyl (C=O) groups is 4. The van der Waals surface area contributed by atoms with E-state index in [4.69, 9.17) is 4.74 Å². The Morgan fingerprint density at radius 2 is 1.46 bits per heavy atom. The normalized spacial score (nSPS) is 18.2. The Morgan fingerprint density at radius 3 is 2.21 bits per heavy atom. The van der Waals surface area contributed by atoms with Gasteiger partial charge in [-0.25, -0.2) is 4.79 Å². The number of benzene rings is 4. The van der Waals surface area contributed by atoms with Crippen LogP contribution in [-0.4, -0.2) is 75.0 Å². The van der Waals surface area contributed by atoms with E-state index < -0.39 is 24.3 Å². The van der Waals surface area contributed by atoms with Crippen LogP contribution < -0.4 is 5.32 Å². The van der Waals surface area contributed by atoms with Crippen molar-refractivity contribution < 1.29 is 29.0 Å². The average Bonchev–Trinajstić information content (AvgIpc) is 3.21. The number of amides is 4. The van der Waals surface area contributed by atoms with Gasteiger partial charge in [0.2, 0.25) is 11.8 Å². The molecular formula is C46H56N4O6. The van der Waals surface area contributed by atoms with E-state index in [2.05, 4.69) is 12.2 Å². The van der Waals surface area contributed by atoms with Crippen molar-refractivity contribution in [1.29, 1.82) is 0 Å². The third kappa shape index (κ3) is 10.5. The Kier molecular flexibility index (Phi) is 14.4. The van der Waals surface area contributed by atoms with Crippen LogP contribution in [0.25, 0.3) is 10.8 Å². The molecule has 0 bridgehead atoms. The zero-order valence-corrected chi connectivity index (χ0v) is 32.6. The van der Waals surface area contributed by atoms with E-state index in [1.807, 2.05) is 72.8 Å². The molecule has 2 N–H and O–H groups in total. The van der Waals surface area contributed by atoms with Gasteiger partial charge in [-0.15, -0.1) is 0 Å². The van der Waals surface area contributed by atoms with E-state index in [0.29, 0.717) is 0 Å². The van der Waals surface area contributed by atoms with Crippen molar-refractivity contribution in [3.63, 3.8) is 0 Å². The second-order valence-electron chi connectivity index (χ2n) is 15.2. The predicted octanol–water partition coefficient (Wildman–Crippen LogP) is 8.10. The van der Waals surface area contributed by atoms with Crippen LogP contribution in [0.5, 0.6) is 5.75 Å². The van der Waals surface area contributed by atoms with Gasteiger partial charge in [-0.05, 0) is 46.0 Å². The number of aromatic hydroxyl groups is 1. The molecule has 2 aliphatic rings. The van der Waals surface area contributed by atoms with Crippen LogP contribution in [0.2, 0.25) is 0 Å². The summed E-state index contributed by atoms with van der Waals surface area (Å²) in [6, 6.07) is 28.2. The number of ether oxygens (including phenoxy) is 1. The van der Waals surface area contributed by atoms with E-state index in [-0.39, 0.29) is 69.0 Å². The number of unbranched alkanes of at least 4 members (excludes halogenated alkanes) is 8. The molecule has 2 aliphatic heterocycles. The van der Waals surface area contributed by atoms with E-state index in [9.17, 15) is 24.3 Å². The van der Waals surface area contributed by atoms with Crippen molar-refractivity contribution in [3.05, 3.63) is 114 Å². The van der Waals surface area contributed by atoms with Crippen LogP contribution in [0.15, 0.2) is 97.1 Å². The van der Waals surface area contributed by atoms with E-state index in [1.165, 1.54) is 38.5 Å². The highest BCUT2D eigenvalue weighted by Crippen LogP contribution is 2.33. The van der Waals surface area contributed by atoms with Crippen molar-refractivity contribution in [2.75, 3.05) is 13.2 Å². The smallest absolute Gasteiger partial charge is 0.319 e. The summed E-state index contributed by atoms with van der Waals surface area (Å²) in [7, 11) is 0. The minimum absolute atomic E-state index is 0.0848. The zero-order valence-electron chi connectivity index (χ0n) is 32.6. The number of phenols is 1. The molecule has 0 saturated carbocycles. The second kappa shape index (κ2) is 20.0. The van der Waals surface area contributed by atoms with Crippen LogP contribution >= 0.6 is 0 Å².